The van der Waals surface area contributed by atoms with Gasteiger partial charge in [-0.25, -0.2) is 0 Å². The van der Waals surface area contributed by atoms with E-state index in [1.807, 2.05) is 133 Å². The normalized spacial score (nSPS) is 12.4. The standard InChI is InChI=1S/C36H23O4P/c37-41(25-11-3-1-4-12-25,26-13-5-2-6-14-26)34-20-10-17-29-28-16-9-15-27(35(28)40-36(29)34)24-21-22-32-33(23-24)39-31-19-8-7-18-30(31)38-32/h1-23H. The van der Waals surface area contributed by atoms with Gasteiger partial charge in [-0.2, -0.15) is 0 Å². The highest BCUT2D eigenvalue weighted by atomic mass is 31.2. The van der Waals surface area contributed by atoms with Crippen LogP contribution >= 0.6 is 7.14 Å². The van der Waals surface area contributed by atoms with Gasteiger partial charge in [0.05, 0.1) is 5.30 Å². The molecule has 4 nitrogen and oxygen atoms in total. The second-order valence-corrected chi connectivity index (χ2v) is 12.8. The summed E-state index contributed by atoms with van der Waals surface area (Å²) in [4.78, 5) is 0. The van der Waals surface area contributed by atoms with Crippen molar-refractivity contribution >= 4 is 45.0 Å². The number of hydrogen-bond donors (Lipinski definition) is 0. The van der Waals surface area contributed by atoms with E-state index in [4.69, 9.17) is 13.9 Å². The van der Waals surface area contributed by atoms with Crippen molar-refractivity contribution in [3.8, 4) is 34.1 Å². The van der Waals surface area contributed by atoms with E-state index in [0.29, 0.717) is 33.9 Å². The summed E-state index contributed by atoms with van der Waals surface area (Å²) < 4.78 is 34.2. The molecule has 0 spiro atoms. The summed E-state index contributed by atoms with van der Waals surface area (Å²) in [6, 6.07) is 45.0. The smallest absolute Gasteiger partial charge is 0.174 e. The van der Waals surface area contributed by atoms with Gasteiger partial charge in [-0.05, 0) is 35.9 Å². The zero-order chi connectivity index (χ0) is 27.4. The third-order valence-corrected chi connectivity index (χ3v) is 10.7. The van der Waals surface area contributed by atoms with E-state index in [1.165, 1.54) is 0 Å². The van der Waals surface area contributed by atoms with E-state index in [9.17, 15) is 0 Å². The molecule has 0 radical (unpaired) electrons. The molecule has 0 unspecified atom stereocenters. The van der Waals surface area contributed by atoms with Crippen molar-refractivity contribution in [2.45, 2.75) is 0 Å². The Labute approximate surface area is 236 Å². The largest absolute Gasteiger partial charge is 0.455 e. The van der Waals surface area contributed by atoms with Crippen molar-refractivity contribution in [1.29, 1.82) is 0 Å². The van der Waals surface area contributed by atoms with Crippen LogP contribution in [0.25, 0.3) is 33.1 Å². The van der Waals surface area contributed by atoms with Crippen LogP contribution in [0.4, 0.5) is 0 Å². The molecule has 2 heterocycles. The first-order chi connectivity index (χ1) is 20.2. The minimum atomic E-state index is -3.24. The molecule has 0 fully saturated rings. The minimum Gasteiger partial charge on any atom is -0.455 e. The molecule has 0 aliphatic carbocycles. The average molecular weight is 551 g/mol. The monoisotopic (exact) mass is 550 g/mol. The first kappa shape index (κ1) is 23.8. The summed E-state index contributed by atoms with van der Waals surface area (Å²) in [6.07, 6.45) is 0. The Hall–Kier alpha value is -5.05. The molecule has 0 atom stereocenters. The number of hydrogen-bond acceptors (Lipinski definition) is 4. The van der Waals surface area contributed by atoms with E-state index in [1.54, 1.807) is 0 Å². The van der Waals surface area contributed by atoms with Gasteiger partial charge < -0.3 is 18.5 Å². The molecule has 5 heteroatoms. The fraction of sp³-hybridized carbons (Fsp3) is 0. The zero-order valence-corrected chi connectivity index (χ0v) is 22.8. The Balaban J connectivity index is 1.33. The van der Waals surface area contributed by atoms with Crippen LogP contribution in [0.5, 0.6) is 23.0 Å². The van der Waals surface area contributed by atoms with Crippen LogP contribution in [0.2, 0.25) is 0 Å². The SMILES string of the molecule is O=P(c1ccccc1)(c1ccccc1)c1cccc2c1oc1c(-c3ccc4c(c3)Oc3ccccc3O4)cccc12. The maximum absolute atomic E-state index is 15.2. The molecule has 0 bridgehead atoms. The fourth-order valence-corrected chi connectivity index (χ4v) is 8.47. The number of furan rings is 1. The quantitative estimate of drug-likeness (QED) is 0.206. The Morgan fingerprint density at radius 3 is 1.71 bits per heavy atom. The van der Waals surface area contributed by atoms with Crippen molar-refractivity contribution in [2.24, 2.45) is 0 Å². The van der Waals surface area contributed by atoms with Crippen LogP contribution in [0.3, 0.4) is 0 Å². The lowest BCUT2D eigenvalue weighted by Gasteiger charge is -2.21. The van der Waals surface area contributed by atoms with Gasteiger partial charge in [0.2, 0.25) is 0 Å². The van der Waals surface area contributed by atoms with E-state index >= 15 is 4.57 Å². The molecule has 1 aliphatic rings. The Morgan fingerprint density at radius 2 is 1.02 bits per heavy atom. The van der Waals surface area contributed by atoms with Gasteiger partial charge in [-0.15, -0.1) is 0 Å². The number of fused-ring (bicyclic) bond motifs is 5. The topological polar surface area (TPSA) is 48.7 Å². The number of benzene rings is 6. The van der Waals surface area contributed by atoms with Crippen molar-refractivity contribution < 1.29 is 18.5 Å². The molecule has 7 aromatic rings. The van der Waals surface area contributed by atoms with Crippen LogP contribution in [0, 0.1) is 0 Å². The summed E-state index contributed by atoms with van der Waals surface area (Å²) in [5.41, 5.74) is 3.23. The average Bonchev–Trinajstić information content (AvgIpc) is 3.43. The van der Waals surface area contributed by atoms with Gasteiger partial charge in [0.15, 0.2) is 30.1 Å². The van der Waals surface area contributed by atoms with E-state index in [0.717, 1.165) is 38.1 Å². The Kier molecular flexibility index (Phi) is 5.38. The van der Waals surface area contributed by atoms with Crippen LogP contribution < -0.4 is 25.4 Å². The molecule has 0 amide bonds. The van der Waals surface area contributed by atoms with Gasteiger partial charge in [0.25, 0.3) is 0 Å². The molecule has 0 N–H and O–H groups in total. The van der Waals surface area contributed by atoms with Gasteiger partial charge in [0.1, 0.15) is 11.2 Å². The first-order valence-corrected chi connectivity index (χ1v) is 15.2. The minimum absolute atomic E-state index is 0.637. The van der Waals surface area contributed by atoms with Crippen molar-refractivity contribution in [3.63, 3.8) is 0 Å². The van der Waals surface area contributed by atoms with E-state index in [-0.39, 0.29) is 0 Å². The predicted octanol–water partition coefficient (Wildman–Crippen LogP) is 8.79. The number of para-hydroxylation sites is 4. The van der Waals surface area contributed by atoms with Crippen LogP contribution in [-0.4, -0.2) is 0 Å². The number of rotatable bonds is 4. The maximum Gasteiger partial charge on any atom is 0.174 e. The highest BCUT2D eigenvalue weighted by molar-refractivity contribution is 7.85. The fourth-order valence-electron chi connectivity index (χ4n) is 5.68. The van der Waals surface area contributed by atoms with Gasteiger partial charge in [-0.3, -0.25) is 0 Å². The predicted molar refractivity (Wildman–Crippen MR) is 165 cm³/mol. The summed E-state index contributed by atoms with van der Waals surface area (Å²) >= 11 is 0. The van der Waals surface area contributed by atoms with Crippen molar-refractivity contribution in [2.75, 3.05) is 0 Å². The van der Waals surface area contributed by atoms with Crippen LogP contribution in [0.15, 0.2) is 144 Å². The molecule has 8 rings (SSSR count). The summed E-state index contributed by atoms with van der Waals surface area (Å²) in [7, 11) is -3.24. The van der Waals surface area contributed by atoms with Crippen LogP contribution in [-0.2, 0) is 4.57 Å². The molecule has 6 aromatic carbocycles. The zero-order valence-electron chi connectivity index (χ0n) is 21.9. The molecular weight excluding hydrogens is 527 g/mol. The van der Waals surface area contributed by atoms with Crippen LogP contribution in [0.1, 0.15) is 0 Å². The van der Waals surface area contributed by atoms with E-state index in [2.05, 4.69) is 6.07 Å². The van der Waals surface area contributed by atoms with Crippen molar-refractivity contribution in [1.82, 2.24) is 0 Å². The third kappa shape index (κ3) is 3.72. The molecule has 1 aliphatic heterocycles. The first-order valence-electron chi connectivity index (χ1n) is 13.5. The summed E-state index contributed by atoms with van der Waals surface area (Å²) in [5.74, 6) is 2.69. The highest BCUT2D eigenvalue weighted by Crippen LogP contribution is 2.49. The second-order valence-electron chi connectivity index (χ2n) is 10.0. The lowest BCUT2D eigenvalue weighted by molar-refractivity contribution is 0.360. The molecular formula is C36H23O4P. The van der Waals surface area contributed by atoms with E-state index < -0.39 is 7.14 Å². The molecule has 1 aromatic heterocycles. The molecule has 41 heavy (non-hydrogen) atoms. The number of ether oxygens (including phenoxy) is 2. The highest BCUT2D eigenvalue weighted by Gasteiger charge is 2.33. The Morgan fingerprint density at radius 1 is 0.463 bits per heavy atom. The summed E-state index contributed by atoms with van der Waals surface area (Å²) in [6.45, 7) is 0. The second kappa shape index (κ2) is 9.26. The Bertz CT molecular complexity index is 2090. The lowest BCUT2D eigenvalue weighted by atomic mass is 10.0. The molecule has 0 saturated heterocycles. The third-order valence-electron chi connectivity index (χ3n) is 7.63. The van der Waals surface area contributed by atoms with Gasteiger partial charge in [0, 0.05) is 26.9 Å². The molecule has 0 saturated carbocycles. The van der Waals surface area contributed by atoms with Gasteiger partial charge >= 0.3 is 0 Å². The van der Waals surface area contributed by atoms with Gasteiger partial charge in [-0.1, -0.05) is 109 Å². The lowest BCUT2D eigenvalue weighted by Crippen LogP contribution is -2.25. The van der Waals surface area contributed by atoms with Crippen molar-refractivity contribution in [3.05, 3.63) is 140 Å². The maximum atomic E-state index is 15.2. The molecule has 196 valence electrons. The summed E-state index contributed by atoms with van der Waals surface area (Å²) in [5, 5.41) is 4.12.